The van der Waals surface area contributed by atoms with Crippen LogP contribution in [0, 0.1) is 0 Å². The topological polar surface area (TPSA) is 39.9 Å². The summed E-state index contributed by atoms with van der Waals surface area (Å²) in [5.41, 5.74) is 2.54. The van der Waals surface area contributed by atoms with Crippen LogP contribution >= 0.6 is 11.8 Å². The van der Waals surface area contributed by atoms with Crippen LogP contribution in [0.25, 0.3) is 0 Å². The highest BCUT2D eigenvalue weighted by Gasteiger charge is 2.09. The molecule has 0 aliphatic carbocycles. The van der Waals surface area contributed by atoms with Gasteiger partial charge in [-0.25, -0.2) is 0 Å². The molecule has 0 saturated heterocycles. The van der Waals surface area contributed by atoms with Crippen molar-refractivity contribution in [2.24, 2.45) is 7.05 Å². The molecule has 0 unspecified atom stereocenters. The van der Waals surface area contributed by atoms with Gasteiger partial charge < -0.3 is 9.30 Å². The Kier molecular flexibility index (Phi) is 5.54. The maximum Gasteiger partial charge on any atom is 0.191 e. The van der Waals surface area contributed by atoms with E-state index in [4.69, 9.17) is 4.74 Å². The van der Waals surface area contributed by atoms with Gasteiger partial charge in [0.05, 0.1) is 7.11 Å². The minimum Gasteiger partial charge on any atom is -0.497 e. The molecule has 4 nitrogen and oxygen atoms in total. The number of ether oxygens (including phenoxy) is 1. The molecule has 0 amide bonds. The standard InChI is InChI=1S/C19H21N3OS/c1-22-18(12-11-15-7-4-3-5-8-15)20-21-19(22)24-14-16-9-6-10-17(13-16)23-2/h3-10,13H,11-12,14H2,1-2H3. The molecule has 3 rings (SSSR count). The second kappa shape index (κ2) is 8.02. The number of thioether (sulfide) groups is 1. The Hall–Kier alpha value is -2.27. The average molecular weight is 339 g/mol. The third kappa shape index (κ3) is 4.17. The number of hydrogen-bond donors (Lipinski definition) is 0. The Morgan fingerprint density at radius 1 is 0.958 bits per heavy atom. The molecule has 24 heavy (non-hydrogen) atoms. The summed E-state index contributed by atoms with van der Waals surface area (Å²) in [4.78, 5) is 0. The van der Waals surface area contributed by atoms with E-state index in [1.165, 1.54) is 11.1 Å². The minimum atomic E-state index is 0.849. The maximum atomic E-state index is 5.27. The van der Waals surface area contributed by atoms with Gasteiger partial charge in [0.15, 0.2) is 5.16 Å². The Morgan fingerprint density at radius 3 is 2.54 bits per heavy atom. The molecule has 0 atom stereocenters. The molecule has 124 valence electrons. The molecule has 0 bridgehead atoms. The Bertz CT molecular complexity index is 786. The molecule has 0 saturated carbocycles. The monoisotopic (exact) mass is 339 g/mol. The summed E-state index contributed by atoms with van der Waals surface area (Å²) < 4.78 is 7.36. The Labute approximate surface area is 146 Å². The SMILES string of the molecule is COc1cccc(CSc2nnc(CCc3ccccc3)n2C)c1. The zero-order chi connectivity index (χ0) is 16.8. The Morgan fingerprint density at radius 2 is 1.75 bits per heavy atom. The number of nitrogens with zero attached hydrogens (tertiary/aromatic N) is 3. The molecule has 5 heteroatoms. The highest BCUT2D eigenvalue weighted by Crippen LogP contribution is 2.23. The molecule has 0 N–H and O–H groups in total. The minimum absolute atomic E-state index is 0.849. The molecule has 1 heterocycles. The number of rotatable bonds is 7. The van der Waals surface area contributed by atoms with Crippen molar-refractivity contribution >= 4 is 11.8 Å². The van der Waals surface area contributed by atoms with Gasteiger partial charge >= 0.3 is 0 Å². The number of methoxy groups -OCH3 is 1. The second-order valence-corrected chi connectivity index (χ2v) is 6.53. The summed E-state index contributed by atoms with van der Waals surface area (Å²) >= 11 is 1.70. The normalized spacial score (nSPS) is 10.8. The van der Waals surface area contributed by atoms with Crippen LogP contribution in [0.5, 0.6) is 5.75 Å². The number of aromatic nitrogens is 3. The van der Waals surface area contributed by atoms with Crippen molar-refractivity contribution in [2.75, 3.05) is 7.11 Å². The fraction of sp³-hybridized carbons (Fsp3) is 0.263. The lowest BCUT2D eigenvalue weighted by atomic mass is 10.1. The fourth-order valence-electron chi connectivity index (χ4n) is 2.50. The third-order valence-corrected chi connectivity index (χ3v) is 5.00. The lowest BCUT2D eigenvalue weighted by Gasteiger charge is -2.05. The van der Waals surface area contributed by atoms with E-state index in [1.54, 1.807) is 18.9 Å². The van der Waals surface area contributed by atoms with Gasteiger partial charge in [0.25, 0.3) is 0 Å². The fourth-order valence-corrected chi connectivity index (χ4v) is 3.37. The summed E-state index contributed by atoms with van der Waals surface area (Å²) in [7, 11) is 3.72. The first-order valence-corrected chi connectivity index (χ1v) is 8.93. The molecule has 0 spiro atoms. The van der Waals surface area contributed by atoms with Crippen molar-refractivity contribution in [1.29, 1.82) is 0 Å². The first kappa shape index (κ1) is 16.6. The first-order chi connectivity index (χ1) is 11.8. The molecule has 0 fully saturated rings. The van der Waals surface area contributed by atoms with E-state index in [-0.39, 0.29) is 0 Å². The van der Waals surface area contributed by atoms with Crippen molar-refractivity contribution in [1.82, 2.24) is 14.8 Å². The average Bonchev–Trinajstić information content (AvgIpc) is 2.99. The van der Waals surface area contributed by atoms with Gasteiger partial charge in [-0.05, 0) is 29.7 Å². The molecule has 3 aromatic rings. The van der Waals surface area contributed by atoms with Crippen molar-refractivity contribution in [3.63, 3.8) is 0 Å². The molecule has 2 aromatic carbocycles. The van der Waals surface area contributed by atoms with Crippen LogP contribution in [0.15, 0.2) is 59.8 Å². The summed E-state index contributed by atoms with van der Waals surface area (Å²) in [6.07, 6.45) is 1.88. The summed E-state index contributed by atoms with van der Waals surface area (Å²) in [6.45, 7) is 0. The largest absolute Gasteiger partial charge is 0.497 e. The zero-order valence-corrected chi connectivity index (χ0v) is 14.8. The van der Waals surface area contributed by atoms with Crippen LogP contribution < -0.4 is 4.74 Å². The molecule has 1 aromatic heterocycles. The lowest BCUT2D eigenvalue weighted by Crippen LogP contribution is -2.01. The predicted octanol–water partition coefficient (Wildman–Crippen LogP) is 3.90. The summed E-state index contributed by atoms with van der Waals surface area (Å²) in [6, 6.07) is 18.6. The van der Waals surface area contributed by atoms with Crippen molar-refractivity contribution in [3.8, 4) is 5.75 Å². The van der Waals surface area contributed by atoms with Crippen LogP contribution in [0.2, 0.25) is 0 Å². The van der Waals surface area contributed by atoms with Gasteiger partial charge in [0.1, 0.15) is 11.6 Å². The molecule has 0 aliphatic heterocycles. The first-order valence-electron chi connectivity index (χ1n) is 7.94. The van der Waals surface area contributed by atoms with Crippen molar-refractivity contribution < 1.29 is 4.74 Å². The van der Waals surface area contributed by atoms with E-state index in [9.17, 15) is 0 Å². The lowest BCUT2D eigenvalue weighted by molar-refractivity contribution is 0.414. The highest BCUT2D eigenvalue weighted by atomic mass is 32.2. The number of benzene rings is 2. The smallest absolute Gasteiger partial charge is 0.191 e. The zero-order valence-electron chi connectivity index (χ0n) is 14.0. The second-order valence-electron chi connectivity index (χ2n) is 5.58. The summed E-state index contributed by atoms with van der Waals surface area (Å²) in [5, 5.41) is 9.62. The van der Waals surface area contributed by atoms with Crippen molar-refractivity contribution in [3.05, 3.63) is 71.5 Å². The predicted molar refractivity (Wildman–Crippen MR) is 97.4 cm³/mol. The third-order valence-electron chi connectivity index (χ3n) is 3.91. The van der Waals surface area contributed by atoms with E-state index in [2.05, 4.69) is 51.2 Å². The van der Waals surface area contributed by atoms with E-state index in [0.29, 0.717) is 0 Å². The van der Waals surface area contributed by atoms with Gasteiger partial charge in [-0.2, -0.15) is 0 Å². The number of aryl methyl sites for hydroxylation is 2. The van der Waals surface area contributed by atoms with Crippen LogP contribution in [0.3, 0.4) is 0 Å². The Balaban J connectivity index is 1.60. The van der Waals surface area contributed by atoms with E-state index >= 15 is 0 Å². The van der Waals surface area contributed by atoms with Crippen LogP contribution in [-0.4, -0.2) is 21.9 Å². The molecule has 0 radical (unpaired) electrons. The van der Waals surface area contributed by atoms with Gasteiger partial charge in [0, 0.05) is 19.2 Å². The van der Waals surface area contributed by atoms with Crippen molar-refractivity contribution in [2.45, 2.75) is 23.8 Å². The van der Waals surface area contributed by atoms with Crippen LogP contribution in [0.1, 0.15) is 17.0 Å². The van der Waals surface area contributed by atoms with Gasteiger partial charge in [-0.3, -0.25) is 0 Å². The molecule has 0 aliphatic rings. The number of hydrogen-bond acceptors (Lipinski definition) is 4. The van der Waals surface area contributed by atoms with Gasteiger partial charge in [-0.15, -0.1) is 10.2 Å². The molecular weight excluding hydrogens is 318 g/mol. The maximum absolute atomic E-state index is 5.27. The van der Waals surface area contributed by atoms with Crippen LogP contribution in [-0.2, 0) is 25.6 Å². The van der Waals surface area contributed by atoms with E-state index in [1.807, 2.05) is 25.2 Å². The quantitative estimate of drug-likeness (QED) is 0.612. The summed E-state index contributed by atoms with van der Waals surface area (Å²) in [5.74, 6) is 2.75. The van der Waals surface area contributed by atoms with E-state index in [0.717, 1.165) is 35.3 Å². The highest BCUT2D eigenvalue weighted by molar-refractivity contribution is 7.98. The van der Waals surface area contributed by atoms with Gasteiger partial charge in [0.2, 0.25) is 0 Å². The van der Waals surface area contributed by atoms with E-state index < -0.39 is 0 Å². The molecular formula is C19H21N3OS. The van der Waals surface area contributed by atoms with Gasteiger partial charge in [-0.1, -0.05) is 54.2 Å². The van der Waals surface area contributed by atoms with Crippen LogP contribution in [0.4, 0.5) is 0 Å².